The SMILES string of the molecule is CN=C(NCc1ccc(-n2ccnc2C)nc1)N1CCN(c2cc(Cl)ccc2C)CC1.I. The standard InChI is InChI=1S/C23H28ClN7.HI/c1-17-4-6-20(24)14-21(17)29-10-12-30(13-11-29)23(25-3)28-16-19-5-7-22(27-15-19)31-9-8-26-18(31)2;/h4-9,14-15H,10-13,16H2,1-3H3,(H,25,28);1H. The number of pyridine rings is 1. The Bertz CT molecular complexity index is 1060. The van der Waals surface area contributed by atoms with Gasteiger partial charge in [0.1, 0.15) is 11.6 Å². The highest BCUT2D eigenvalue weighted by molar-refractivity contribution is 14.0. The second-order valence-electron chi connectivity index (χ2n) is 7.67. The van der Waals surface area contributed by atoms with E-state index in [1.165, 1.54) is 11.3 Å². The van der Waals surface area contributed by atoms with E-state index in [1.54, 1.807) is 6.20 Å². The van der Waals surface area contributed by atoms with Gasteiger partial charge in [0.2, 0.25) is 0 Å². The Labute approximate surface area is 211 Å². The summed E-state index contributed by atoms with van der Waals surface area (Å²) in [6, 6.07) is 10.2. The molecule has 0 aliphatic carbocycles. The topological polar surface area (TPSA) is 61.6 Å². The largest absolute Gasteiger partial charge is 0.368 e. The van der Waals surface area contributed by atoms with Gasteiger partial charge in [-0.3, -0.25) is 9.56 Å². The van der Waals surface area contributed by atoms with Crippen LogP contribution in [0.25, 0.3) is 5.82 Å². The van der Waals surface area contributed by atoms with Gasteiger partial charge in [0.15, 0.2) is 5.96 Å². The lowest BCUT2D eigenvalue weighted by Gasteiger charge is -2.38. The van der Waals surface area contributed by atoms with E-state index in [0.29, 0.717) is 6.54 Å². The summed E-state index contributed by atoms with van der Waals surface area (Å²) in [6.07, 6.45) is 5.60. The fraction of sp³-hybridized carbons (Fsp3) is 0.348. The summed E-state index contributed by atoms with van der Waals surface area (Å²) in [5.74, 6) is 2.71. The predicted octanol–water partition coefficient (Wildman–Crippen LogP) is 4.05. The molecule has 0 amide bonds. The number of piperazine rings is 1. The molecule has 170 valence electrons. The summed E-state index contributed by atoms with van der Waals surface area (Å²) in [4.78, 5) is 18.0. The number of aromatic nitrogens is 3. The first-order valence-electron chi connectivity index (χ1n) is 10.5. The number of aliphatic imine (C=N–C) groups is 1. The van der Waals surface area contributed by atoms with E-state index in [-0.39, 0.29) is 24.0 Å². The lowest BCUT2D eigenvalue weighted by Crippen LogP contribution is -2.52. The van der Waals surface area contributed by atoms with E-state index in [2.05, 4.69) is 55.2 Å². The van der Waals surface area contributed by atoms with Crippen molar-refractivity contribution in [2.24, 2.45) is 4.99 Å². The monoisotopic (exact) mass is 565 g/mol. The molecular weight excluding hydrogens is 537 g/mol. The highest BCUT2D eigenvalue weighted by atomic mass is 127. The quantitative estimate of drug-likeness (QED) is 0.294. The van der Waals surface area contributed by atoms with Gasteiger partial charge in [-0.05, 0) is 43.2 Å². The zero-order valence-corrected chi connectivity index (χ0v) is 21.7. The zero-order valence-electron chi connectivity index (χ0n) is 18.6. The van der Waals surface area contributed by atoms with Crippen LogP contribution in [-0.2, 0) is 6.54 Å². The van der Waals surface area contributed by atoms with Crippen LogP contribution in [0.2, 0.25) is 5.02 Å². The third-order valence-corrected chi connectivity index (χ3v) is 5.87. The highest BCUT2D eigenvalue weighted by Crippen LogP contribution is 2.25. The fourth-order valence-corrected chi connectivity index (χ4v) is 4.05. The van der Waals surface area contributed by atoms with Crippen molar-refractivity contribution < 1.29 is 0 Å². The molecular formula is C23H29ClIN7. The maximum Gasteiger partial charge on any atom is 0.194 e. The molecule has 3 aromatic rings. The molecule has 1 aromatic carbocycles. The van der Waals surface area contributed by atoms with Crippen molar-refractivity contribution in [2.75, 3.05) is 38.1 Å². The summed E-state index contributed by atoms with van der Waals surface area (Å²) < 4.78 is 1.97. The molecule has 0 saturated carbocycles. The molecule has 1 N–H and O–H groups in total. The van der Waals surface area contributed by atoms with Crippen LogP contribution in [0.15, 0.2) is 53.9 Å². The predicted molar refractivity (Wildman–Crippen MR) is 142 cm³/mol. The Morgan fingerprint density at radius 2 is 1.88 bits per heavy atom. The average Bonchev–Trinajstić information content (AvgIpc) is 3.22. The molecule has 9 heteroatoms. The number of benzene rings is 1. The van der Waals surface area contributed by atoms with Crippen molar-refractivity contribution in [3.8, 4) is 5.82 Å². The molecule has 32 heavy (non-hydrogen) atoms. The Balaban J connectivity index is 0.00000289. The minimum atomic E-state index is 0. The Kier molecular flexibility index (Phi) is 8.36. The van der Waals surface area contributed by atoms with Crippen molar-refractivity contribution in [3.63, 3.8) is 0 Å². The number of anilines is 1. The van der Waals surface area contributed by atoms with E-state index < -0.39 is 0 Å². The van der Waals surface area contributed by atoms with Crippen LogP contribution in [0.3, 0.4) is 0 Å². The highest BCUT2D eigenvalue weighted by Gasteiger charge is 2.21. The second kappa shape index (κ2) is 11.0. The van der Waals surface area contributed by atoms with Gasteiger partial charge in [-0.25, -0.2) is 9.97 Å². The smallest absolute Gasteiger partial charge is 0.194 e. The van der Waals surface area contributed by atoms with Crippen LogP contribution in [0.1, 0.15) is 17.0 Å². The Hall–Kier alpha value is -2.33. The third kappa shape index (κ3) is 5.53. The summed E-state index contributed by atoms with van der Waals surface area (Å²) in [6.45, 7) is 8.45. The molecule has 1 saturated heterocycles. The van der Waals surface area contributed by atoms with Gasteiger partial charge >= 0.3 is 0 Å². The van der Waals surface area contributed by atoms with Crippen LogP contribution < -0.4 is 10.2 Å². The zero-order chi connectivity index (χ0) is 21.8. The van der Waals surface area contributed by atoms with Crippen LogP contribution in [0.5, 0.6) is 0 Å². The lowest BCUT2D eigenvalue weighted by atomic mass is 10.1. The van der Waals surface area contributed by atoms with Crippen molar-refractivity contribution in [2.45, 2.75) is 20.4 Å². The van der Waals surface area contributed by atoms with Gasteiger partial charge in [0.05, 0.1) is 0 Å². The number of imidazole rings is 1. The maximum atomic E-state index is 6.21. The first-order valence-corrected chi connectivity index (χ1v) is 10.8. The fourth-order valence-electron chi connectivity index (χ4n) is 3.88. The first-order chi connectivity index (χ1) is 15.0. The van der Waals surface area contributed by atoms with Gasteiger partial charge in [-0.2, -0.15) is 0 Å². The van der Waals surface area contributed by atoms with Crippen molar-refractivity contribution in [1.82, 2.24) is 24.8 Å². The molecule has 0 unspecified atom stereocenters. The third-order valence-electron chi connectivity index (χ3n) is 5.64. The van der Waals surface area contributed by atoms with E-state index in [4.69, 9.17) is 11.6 Å². The van der Waals surface area contributed by atoms with E-state index >= 15 is 0 Å². The van der Waals surface area contributed by atoms with Crippen LogP contribution in [0.4, 0.5) is 5.69 Å². The molecule has 1 fully saturated rings. The number of guanidine groups is 1. The van der Waals surface area contributed by atoms with Crippen LogP contribution >= 0.6 is 35.6 Å². The number of rotatable bonds is 4. The maximum absolute atomic E-state index is 6.21. The van der Waals surface area contributed by atoms with Crippen LogP contribution in [0, 0.1) is 13.8 Å². The summed E-state index contributed by atoms with van der Waals surface area (Å²) in [5, 5.41) is 4.25. The van der Waals surface area contributed by atoms with Gasteiger partial charge in [-0.1, -0.05) is 23.7 Å². The summed E-state index contributed by atoms with van der Waals surface area (Å²) >= 11 is 6.21. The van der Waals surface area contributed by atoms with Crippen LogP contribution in [-0.4, -0.2) is 58.6 Å². The number of nitrogens with zero attached hydrogens (tertiary/aromatic N) is 6. The van der Waals surface area contributed by atoms with E-state index in [9.17, 15) is 0 Å². The molecule has 1 aliphatic rings. The number of aryl methyl sites for hydroxylation is 2. The van der Waals surface area contributed by atoms with Gasteiger partial charge in [0, 0.05) is 69.1 Å². The Morgan fingerprint density at radius 3 is 2.50 bits per heavy atom. The van der Waals surface area contributed by atoms with Crippen molar-refractivity contribution in [1.29, 1.82) is 0 Å². The summed E-state index contributed by atoms with van der Waals surface area (Å²) in [7, 11) is 1.83. The molecule has 0 atom stereocenters. The first kappa shape index (κ1) is 24.3. The number of hydrogen-bond donors (Lipinski definition) is 1. The molecule has 3 heterocycles. The van der Waals surface area contributed by atoms with E-state index in [1.807, 2.05) is 43.1 Å². The van der Waals surface area contributed by atoms with Gasteiger partial charge in [-0.15, -0.1) is 24.0 Å². The second-order valence-corrected chi connectivity index (χ2v) is 8.11. The molecule has 4 rings (SSSR count). The normalized spacial score (nSPS) is 14.3. The van der Waals surface area contributed by atoms with Gasteiger partial charge in [0.25, 0.3) is 0 Å². The molecule has 0 radical (unpaired) electrons. The number of hydrogen-bond acceptors (Lipinski definition) is 4. The molecule has 7 nitrogen and oxygen atoms in total. The van der Waals surface area contributed by atoms with E-state index in [0.717, 1.165) is 54.4 Å². The number of halogens is 2. The molecule has 1 aliphatic heterocycles. The van der Waals surface area contributed by atoms with Gasteiger partial charge < -0.3 is 15.1 Å². The van der Waals surface area contributed by atoms with Crippen molar-refractivity contribution >= 4 is 47.2 Å². The molecule has 2 aromatic heterocycles. The minimum Gasteiger partial charge on any atom is -0.368 e. The average molecular weight is 566 g/mol. The van der Waals surface area contributed by atoms with Crippen molar-refractivity contribution in [3.05, 3.63) is 70.9 Å². The minimum absolute atomic E-state index is 0. The number of nitrogens with one attached hydrogen (secondary N) is 1. The lowest BCUT2D eigenvalue weighted by molar-refractivity contribution is 0.372. The molecule has 0 spiro atoms. The molecule has 0 bridgehead atoms. The Morgan fingerprint density at radius 1 is 1.09 bits per heavy atom. The summed E-state index contributed by atoms with van der Waals surface area (Å²) in [5.41, 5.74) is 3.58.